The molecule has 7 nitrogen and oxygen atoms in total. The van der Waals surface area contributed by atoms with Crippen LogP contribution in [0.1, 0.15) is 39.5 Å². The molecule has 1 aliphatic heterocycles. The van der Waals surface area contributed by atoms with E-state index in [1.807, 2.05) is 6.92 Å². The van der Waals surface area contributed by atoms with Crippen molar-refractivity contribution < 1.29 is 9.84 Å². The van der Waals surface area contributed by atoms with E-state index in [4.69, 9.17) is 4.74 Å². The van der Waals surface area contributed by atoms with Gasteiger partial charge in [0.05, 0.1) is 12.7 Å². The fraction of sp³-hybridized carbons (Fsp3) is 0.786. The molecule has 2 N–H and O–H groups in total. The maximum atomic E-state index is 10.2. The third-order valence-electron chi connectivity index (χ3n) is 3.67. The van der Waals surface area contributed by atoms with Crippen LogP contribution in [0.3, 0.4) is 0 Å². The summed E-state index contributed by atoms with van der Waals surface area (Å²) in [5.74, 6) is 1.15. The van der Waals surface area contributed by atoms with Crippen molar-refractivity contribution in [2.45, 2.75) is 45.1 Å². The Morgan fingerprint density at radius 3 is 2.81 bits per heavy atom. The maximum absolute atomic E-state index is 10.2. The molecule has 0 spiro atoms. The van der Waals surface area contributed by atoms with Crippen molar-refractivity contribution in [2.24, 2.45) is 0 Å². The zero-order valence-electron chi connectivity index (χ0n) is 13.1. The van der Waals surface area contributed by atoms with Crippen LogP contribution in [-0.2, 0) is 0 Å². The van der Waals surface area contributed by atoms with E-state index < -0.39 is 5.60 Å². The van der Waals surface area contributed by atoms with Crippen molar-refractivity contribution in [1.29, 1.82) is 0 Å². The monoisotopic (exact) mass is 295 g/mol. The summed E-state index contributed by atoms with van der Waals surface area (Å²) in [5.41, 5.74) is -0.602. The third kappa shape index (κ3) is 4.42. The van der Waals surface area contributed by atoms with Gasteiger partial charge in [-0.25, -0.2) is 0 Å². The fourth-order valence-electron chi connectivity index (χ4n) is 2.36. The van der Waals surface area contributed by atoms with E-state index in [-0.39, 0.29) is 0 Å². The number of hydrogen-bond donors (Lipinski definition) is 2. The minimum Gasteiger partial charge on any atom is -0.467 e. The van der Waals surface area contributed by atoms with E-state index >= 15 is 0 Å². The van der Waals surface area contributed by atoms with Gasteiger partial charge in [0.15, 0.2) is 0 Å². The molecule has 118 valence electrons. The molecule has 0 bridgehead atoms. The summed E-state index contributed by atoms with van der Waals surface area (Å²) >= 11 is 0. The van der Waals surface area contributed by atoms with Gasteiger partial charge in [-0.1, -0.05) is 6.92 Å². The molecular formula is C14H25N5O2. The number of aromatic nitrogens is 3. The van der Waals surface area contributed by atoms with Crippen molar-refractivity contribution in [1.82, 2.24) is 15.0 Å². The van der Waals surface area contributed by atoms with Gasteiger partial charge in [0, 0.05) is 19.6 Å². The first-order chi connectivity index (χ1) is 10.0. The quantitative estimate of drug-likeness (QED) is 0.850. The lowest BCUT2D eigenvalue weighted by Crippen LogP contribution is -2.29. The Morgan fingerprint density at radius 2 is 2.10 bits per heavy atom. The number of nitrogens with one attached hydrogen (secondary N) is 1. The van der Waals surface area contributed by atoms with Crippen molar-refractivity contribution in [2.75, 3.05) is 37.0 Å². The Bertz CT molecular complexity index is 467. The van der Waals surface area contributed by atoms with Crippen LogP contribution in [0, 0.1) is 0 Å². The molecule has 0 aliphatic carbocycles. The summed E-state index contributed by atoms with van der Waals surface area (Å²) in [7, 11) is 1.55. The molecular weight excluding hydrogens is 270 g/mol. The average molecular weight is 295 g/mol. The molecule has 0 saturated carbocycles. The van der Waals surface area contributed by atoms with Crippen LogP contribution in [0.2, 0.25) is 0 Å². The van der Waals surface area contributed by atoms with Crippen LogP contribution in [-0.4, -0.2) is 52.4 Å². The highest BCUT2D eigenvalue weighted by Crippen LogP contribution is 2.24. The van der Waals surface area contributed by atoms with Crippen LogP contribution in [0.4, 0.5) is 11.9 Å². The summed E-state index contributed by atoms with van der Waals surface area (Å²) in [6.45, 7) is 6.34. The van der Waals surface area contributed by atoms with Gasteiger partial charge in [0.2, 0.25) is 11.9 Å². The number of ether oxygens (including phenoxy) is 1. The largest absolute Gasteiger partial charge is 0.467 e. The summed E-state index contributed by atoms with van der Waals surface area (Å²) in [4.78, 5) is 15.1. The summed E-state index contributed by atoms with van der Waals surface area (Å²) in [6.07, 6.45) is 3.42. The lowest BCUT2D eigenvalue weighted by molar-refractivity contribution is 0.0481. The summed E-state index contributed by atoms with van der Waals surface area (Å²) < 4.78 is 5.16. The highest BCUT2D eigenvalue weighted by Gasteiger charge is 2.26. The SMILES string of the molecule is CCCNc1nc(OC)nc(N2CCCC(C)(O)CC2)n1. The Balaban J connectivity index is 2.17. The lowest BCUT2D eigenvalue weighted by atomic mass is 9.98. The molecule has 1 saturated heterocycles. The van der Waals surface area contributed by atoms with E-state index in [2.05, 4.69) is 32.1 Å². The van der Waals surface area contributed by atoms with Gasteiger partial charge in [-0.05, 0) is 32.6 Å². The number of hydrogen-bond acceptors (Lipinski definition) is 7. The van der Waals surface area contributed by atoms with Crippen LogP contribution in [0.25, 0.3) is 0 Å². The fourth-order valence-corrected chi connectivity index (χ4v) is 2.36. The van der Waals surface area contributed by atoms with Gasteiger partial charge in [0.1, 0.15) is 0 Å². The van der Waals surface area contributed by atoms with Gasteiger partial charge in [-0.15, -0.1) is 0 Å². The number of rotatable bonds is 5. The Hall–Kier alpha value is -1.63. The van der Waals surface area contributed by atoms with E-state index in [0.29, 0.717) is 24.3 Å². The smallest absolute Gasteiger partial charge is 0.322 e. The van der Waals surface area contributed by atoms with Crippen LogP contribution in [0.5, 0.6) is 6.01 Å². The predicted molar refractivity (Wildman–Crippen MR) is 81.8 cm³/mol. The van der Waals surface area contributed by atoms with Gasteiger partial charge < -0.3 is 20.1 Å². The van der Waals surface area contributed by atoms with Gasteiger partial charge in [-0.3, -0.25) is 0 Å². The number of methoxy groups -OCH3 is 1. The Morgan fingerprint density at radius 1 is 1.29 bits per heavy atom. The van der Waals surface area contributed by atoms with Crippen molar-refractivity contribution in [3.63, 3.8) is 0 Å². The molecule has 21 heavy (non-hydrogen) atoms. The first-order valence-electron chi connectivity index (χ1n) is 7.55. The van der Waals surface area contributed by atoms with Crippen LogP contribution in [0.15, 0.2) is 0 Å². The third-order valence-corrected chi connectivity index (χ3v) is 3.67. The van der Waals surface area contributed by atoms with Crippen molar-refractivity contribution in [3.05, 3.63) is 0 Å². The molecule has 1 aromatic rings. The normalized spacial score (nSPS) is 22.8. The molecule has 7 heteroatoms. The predicted octanol–water partition coefficient (Wildman–Crippen LogP) is 1.44. The second kappa shape index (κ2) is 6.89. The maximum Gasteiger partial charge on any atom is 0.322 e. The van der Waals surface area contributed by atoms with Crippen LogP contribution < -0.4 is 15.0 Å². The summed E-state index contributed by atoms with van der Waals surface area (Å²) in [6, 6.07) is 0.314. The first-order valence-corrected chi connectivity index (χ1v) is 7.55. The average Bonchev–Trinajstić information content (AvgIpc) is 2.65. The molecule has 0 aromatic carbocycles. The van der Waals surface area contributed by atoms with E-state index in [1.54, 1.807) is 7.11 Å². The first kappa shape index (κ1) is 15.8. The summed E-state index contributed by atoms with van der Waals surface area (Å²) in [5, 5.41) is 13.3. The molecule has 1 atom stereocenters. The second-order valence-corrected chi connectivity index (χ2v) is 5.71. The molecule has 2 heterocycles. The Kier molecular flexibility index (Phi) is 5.17. The zero-order valence-corrected chi connectivity index (χ0v) is 13.1. The topological polar surface area (TPSA) is 83.4 Å². The molecule has 0 radical (unpaired) electrons. The minimum absolute atomic E-state index is 0.314. The molecule has 1 aromatic heterocycles. The molecule has 0 amide bonds. The van der Waals surface area contributed by atoms with Crippen molar-refractivity contribution in [3.8, 4) is 6.01 Å². The molecule has 1 aliphatic rings. The van der Waals surface area contributed by atoms with Crippen LogP contribution >= 0.6 is 0 Å². The molecule has 2 rings (SSSR count). The number of anilines is 2. The van der Waals surface area contributed by atoms with E-state index in [0.717, 1.165) is 38.9 Å². The highest BCUT2D eigenvalue weighted by molar-refractivity contribution is 5.38. The second-order valence-electron chi connectivity index (χ2n) is 5.71. The molecule has 1 unspecified atom stereocenters. The lowest BCUT2D eigenvalue weighted by Gasteiger charge is -2.22. The molecule has 1 fully saturated rings. The van der Waals surface area contributed by atoms with E-state index in [9.17, 15) is 5.11 Å². The number of aliphatic hydroxyl groups is 1. The van der Waals surface area contributed by atoms with Gasteiger partial charge >= 0.3 is 6.01 Å². The zero-order chi connectivity index (χ0) is 15.3. The minimum atomic E-state index is -0.602. The van der Waals surface area contributed by atoms with Gasteiger partial charge in [0.25, 0.3) is 0 Å². The van der Waals surface area contributed by atoms with E-state index in [1.165, 1.54) is 0 Å². The standard InChI is InChI=1S/C14H25N5O2/c1-4-8-15-11-16-12(18-13(17-11)21-3)19-9-5-6-14(2,20)7-10-19/h20H,4-10H2,1-3H3,(H,15,16,17,18). The Labute approximate surface area is 125 Å². The number of nitrogens with zero attached hydrogens (tertiary/aromatic N) is 4. The highest BCUT2D eigenvalue weighted by atomic mass is 16.5. The van der Waals surface area contributed by atoms with Crippen molar-refractivity contribution >= 4 is 11.9 Å². The van der Waals surface area contributed by atoms with Gasteiger partial charge in [-0.2, -0.15) is 15.0 Å².